The Morgan fingerprint density at radius 3 is 1.84 bits per heavy atom. The van der Waals surface area contributed by atoms with E-state index in [1.165, 1.54) is 12.1 Å². The second-order valence-electron chi connectivity index (χ2n) is 10.9. The molecule has 0 radical (unpaired) electrons. The molecule has 0 saturated carbocycles. The first-order chi connectivity index (χ1) is 14.2. The molecule has 0 heterocycles. The molecular weight excluding hydrogens is 435 g/mol. The lowest BCUT2D eigenvalue weighted by Gasteiger charge is -2.31. The van der Waals surface area contributed by atoms with E-state index < -0.39 is 36.1 Å². The average Bonchev–Trinajstić information content (AvgIpc) is 2.52. The Morgan fingerprint density at radius 1 is 0.969 bits per heavy atom. The minimum Gasteiger partial charge on any atom is -0.504 e. The SMILES string of the molecule is CC(C)(C)OC(=O)[C@](C)(Cc1ccc(OP(=O)(OC(C)(C)C)OC(C)(C)C)c(O)c1)NN. The predicted octanol–water partition coefficient (Wildman–Crippen LogP) is 4.62. The van der Waals surface area contributed by atoms with Gasteiger partial charge in [-0.1, -0.05) is 6.07 Å². The average molecular weight is 475 g/mol. The number of phenols is 1. The number of hydrogen-bond acceptors (Lipinski definition) is 9. The Labute approximate surface area is 191 Å². The van der Waals surface area contributed by atoms with Gasteiger partial charge >= 0.3 is 13.8 Å². The summed E-state index contributed by atoms with van der Waals surface area (Å²) in [6, 6.07) is 4.45. The van der Waals surface area contributed by atoms with E-state index in [-0.39, 0.29) is 17.9 Å². The van der Waals surface area contributed by atoms with Crippen LogP contribution in [-0.4, -0.2) is 33.4 Å². The van der Waals surface area contributed by atoms with Gasteiger partial charge in [-0.05, 0) is 86.9 Å². The number of phosphoric acid groups is 1. The zero-order valence-corrected chi connectivity index (χ0v) is 21.8. The van der Waals surface area contributed by atoms with Gasteiger partial charge < -0.3 is 14.4 Å². The summed E-state index contributed by atoms with van der Waals surface area (Å²) in [5, 5.41) is 10.5. The molecule has 4 N–H and O–H groups in total. The van der Waals surface area contributed by atoms with Gasteiger partial charge in [0, 0.05) is 6.42 Å². The molecule has 0 amide bonds. The van der Waals surface area contributed by atoms with Crippen LogP contribution in [0, 0.1) is 0 Å². The highest BCUT2D eigenvalue weighted by molar-refractivity contribution is 7.49. The van der Waals surface area contributed by atoms with Gasteiger partial charge in [0.2, 0.25) is 0 Å². The number of hydrogen-bond donors (Lipinski definition) is 3. The lowest BCUT2D eigenvalue weighted by Crippen LogP contribution is -2.56. The fourth-order valence-electron chi connectivity index (χ4n) is 2.58. The van der Waals surface area contributed by atoms with Gasteiger partial charge in [-0.25, -0.2) is 14.8 Å². The summed E-state index contributed by atoms with van der Waals surface area (Å²) in [5.41, 5.74) is -0.486. The van der Waals surface area contributed by atoms with Crippen molar-refractivity contribution in [1.29, 1.82) is 0 Å². The largest absolute Gasteiger partial charge is 0.531 e. The summed E-state index contributed by atoms with van der Waals surface area (Å²) in [7, 11) is -4.08. The quantitative estimate of drug-likeness (QED) is 0.214. The summed E-state index contributed by atoms with van der Waals surface area (Å²) in [4.78, 5) is 12.6. The summed E-state index contributed by atoms with van der Waals surface area (Å²) in [5.74, 6) is 4.73. The molecule has 184 valence electrons. The number of phosphoric ester groups is 1. The predicted molar refractivity (Wildman–Crippen MR) is 123 cm³/mol. The van der Waals surface area contributed by atoms with Crippen LogP contribution in [0.1, 0.15) is 74.8 Å². The molecule has 0 unspecified atom stereocenters. The molecule has 0 aromatic heterocycles. The Kier molecular flexibility index (Phi) is 8.60. The van der Waals surface area contributed by atoms with Crippen LogP contribution in [0.2, 0.25) is 0 Å². The number of carbonyl (C=O) groups excluding carboxylic acids is 1. The Balaban J connectivity index is 3.16. The van der Waals surface area contributed by atoms with Crippen molar-refractivity contribution in [2.24, 2.45) is 5.84 Å². The van der Waals surface area contributed by atoms with E-state index in [1.807, 2.05) is 0 Å². The first kappa shape index (κ1) is 28.4. The van der Waals surface area contributed by atoms with E-state index in [2.05, 4.69) is 5.43 Å². The molecule has 9 nitrogen and oxygen atoms in total. The maximum atomic E-state index is 13.3. The normalized spacial score (nSPS) is 15.2. The minimum absolute atomic E-state index is 0.0785. The third-order valence-electron chi connectivity index (χ3n) is 3.73. The number of carbonyl (C=O) groups is 1. The zero-order valence-electron chi connectivity index (χ0n) is 20.9. The van der Waals surface area contributed by atoms with Crippen molar-refractivity contribution in [2.75, 3.05) is 0 Å². The Bertz CT molecular complexity index is 833. The monoisotopic (exact) mass is 474 g/mol. The molecule has 1 aromatic rings. The van der Waals surface area contributed by atoms with Crippen LogP contribution < -0.4 is 15.8 Å². The molecule has 32 heavy (non-hydrogen) atoms. The molecule has 0 aliphatic heterocycles. The maximum absolute atomic E-state index is 13.3. The molecule has 0 aliphatic rings. The standard InChI is InChI=1S/C22H39N2O7P/c1-19(2,3)28-18(26)22(10,24-23)14-15-11-12-17(16(25)13-15)29-32(27,30-20(4,5)6)31-21(7,8)9/h11-13,24-25H,14,23H2,1-10H3/t22-/m0/s1. The van der Waals surface area contributed by atoms with E-state index in [4.69, 9.17) is 24.2 Å². The molecule has 1 atom stereocenters. The topological polar surface area (TPSA) is 129 Å². The number of rotatable bonds is 8. The van der Waals surface area contributed by atoms with Crippen molar-refractivity contribution in [1.82, 2.24) is 5.43 Å². The van der Waals surface area contributed by atoms with Gasteiger partial charge in [-0.3, -0.25) is 14.9 Å². The lowest BCUT2D eigenvalue weighted by molar-refractivity contribution is -0.162. The van der Waals surface area contributed by atoms with Gasteiger partial charge in [-0.2, -0.15) is 0 Å². The highest BCUT2D eigenvalue weighted by Gasteiger charge is 2.40. The number of aromatic hydroxyl groups is 1. The van der Waals surface area contributed by atoms with Crippen LogP contribution in [0.15, 0.2) is 18.2 Å². The molecule has 1 aromatic carbocycles. The summed E-state index contributed by atoms with van der Waals surface area (Å²) in [6.07, 6.45) is 0.126. The molecule has 0 bridgehead atoms. The fraction of sp³-hybridized carbons (Fsp3) is 0.682. The van der Waals surface area contributed by atoms with Gasteiger partial charge in [0.05, 0.1) is 11.2 Å². The zero-order chi connectivity index (χ0) is 25.2. The molecular formula is C22H39N2O7P. The molecule has 1 rings (SSSR count). The molecule has 0 spiro atoms. The van der Waals surface area contributed by atoms with E-state index in [0.717, 1.165) is 0 Å². The number of nitrogens with two attached hydrogens (primary N) is 1. The van der Waals surface area contributed by atoms with E-state index in [1.54, 1.807) is 75.3 Å². The van der Waals surface area contributed by atoms with Crippen molar-refractivity contribution >= 4 is 13.8 Å². The fourth-order valence-corrected chi connectivity index (χ4v) is 4.43. The van der Waals surface area contributed by atoms with Gasteiger partial charge in [0.1, 0.15) is 11.1 Å². The molecule has 0 fully saturated rings. The third kappa shape index (κ3) is 9.46. The number of hydrazine groups is 1. The minimum atomic E-state index is -4.08. The first-order valence-corrected chi connectivity index (χ1v) is 11.9. The van der Waals surface area contributed by atoms with E-state index in [9.17, 15) is 14.5 Å². The third-order valence-corrected chi connectivity index (χ3v) is 5.69. The van der Waals surface area contributed by atoms with Gasteiger partial charge in [0.25, 0.3) is 0 Å². The van der Waals surface area contributed by atoms with Crippen LogP contribution in [0.5, 0.6) is 11.5 Å². The molecule has 0 saturated heterocycles. The summed E-state index contributed by atoms with van der Waals surface area (Å²) >= 11 is 0. The van der Waals surface area contributed by atoms with E-state index in [0.29, 0.717) is 5.56 Å². The number of nitrogens with one attached hydrogen (secondary N) is 1. The van der Waals surface area contributed by atoms with Crippen molar-refractivity contribution < 1.29 is 32.8 Å². The highest BCUT2D eigenvalue weighted by Crippen LogP contribution is 2.56. The first-order valence-electron chi connectivity index (χ1n) is 10.4. The number of benzene rings is 1. The molecule has 10 heteroatoms. The van der Waals surface area contributed by atoms with Crippen molar-refractivity contribution in [3.8, 4) is 11.5 Å². The van der Waals surface area contributed by atoms with Crippen LogP contribution in [0.4, 0.5) is 0 Å². The molecule has 0 aliphatic carbocycles. The number of esters is 1. The summed E-state index contributed by atoms with van der Waals surface area (Å²) < 4.78 is 35.4. The number of phenolic OH excluding ortho intramolecular Hbond substituents is 1. The Morgan fingerprint density at radius 2 is 1.47 bits per heavy atom. The Hall–Kier alpha value is -1.64. The van der Waals surface area contributed by atoms with Crippen molar-refractivity contribution in [3.05, 3.63) is 23.8 Å². The maximum Gasteiger partial charge on any atom is 0.531 e. The van der Waals surface area contributed by atoms with Gasteiger partial charge in [0.15, 0.2) is 11.5 Å². The smallest absolute Gasteiger partial charge is 0.504 e. The lowest BCUT2D eigenvalue weighted by atomic mass is 9.93. The highest BCUT2D eigenvalue weighted by atomic mass is 31.2. The van der Waals surface area contributed by atoms with Crippen LogP contribution in [0.25, 0.3) is 0 Å². The van der Waals surface area contributed by atoms with E-state index >= 15 is 0 Å². The van der Waals surface area contributed by atoms with Crippen LogP contribution in [0.3, 0.4) is 0 Å². The van der Waals surface area contributed by atoms with Crippen LogP contribution in [-0.2, 0) is 29.6 Å². The van der Waals surface area contributed by atoms with Gasteiger partial charge in [-0.15, -0.1) is 0 Å². The van der Waals surface area contributed by atoms with Crippen molar-refractivity contribution in [2.45, 2.75) is 98.0 Å². The number of ether oxygens (including phenoxy) is 1. The second kappa shape index (κ2) is 9.69. The summed E-state index contributed by atoms with van der Waals surface area (Å²) in [6.45, 7) is 17.2. The second-order valence-corrected chi connectivity index (χ2v) is 12.3. The van der Waals surface area contributed by atoms with Crippen LogP contribution >= 0.6 is 7.82 Å². The van der Waals surface area contributed by atoms with Crippen molar-refractivity contribution in [3.63, 3.8) is 0 Å².